The van der Waals surface area contributed by atoms with Crippen LogP contribution in [0.5, 0.6) is 0 Å². The van der Waals surface area contributed by atoms with Gasteiger partial charge >= 0.3 is 0 Å². The van der Waals surface area contributed by atoms with Crippen LogP contribution in [0.15, 0.2) is 30.3 Å². The molecule has 1 amide bonds. The maximum Gasteiger partial charge on any atom is 0.233 e. The number of thiol groups is 1. The topological polar surface area (TPSA) is 63.2 Å². The average Bonchev–Trinajstić information content (AvgIpc) is 2.28. The Labute approximate surface area is 113 Å². The minimum absolute atomic E-state index is 0.0510. The second kappa shape index (κ2) is 6.80. The molecule has 0 aliphatic rings. The molecule has 0 fully saturated rings. The van der Waals surface area contributed by atoms with Crippen LogP contribution in [-0.2, 0) is 21.1 Å². The summed E-state index contributed by atoms with van der Waals surface area (Å²) < 4.78 is 21.8. The number of rotatable bonds is 6. The van der Waals surface area contributed by atoms with Gasteiger partial charge in [0.1, 0.15) is 9.84 Å². The van der Waals surface area contributed by atoms with E-state index in [9.17, 15) is 13.2 Å². The van der Waals surface area contributed by atoms with Gasteiger partial charge in [0.15, 0.2) is 0 Å². The molecule has 0 bridgehead atoms. The molecule has 0 aliphatic carbocycles. The van der Waals surface area contributed by atoms with Gasteiger partial charge in [-0.1, -0.05) is 30.3 Å². The van der Waals surface area contributed by atoms with E-state index in [0.29, 0.717) is 6.42 Å². The molecule has 1 aromatic carbocycles. The number of amides is 1. The van der Waals surface area contributed by atoms with Gasteiger partial charge in [0, 0.05) is 12.8 Å². The fraction of sp³-hybridized carbons (Fsp3) is 0.417. The minimum Gasteiger partial charge on any atom is -0.354 e. The largest absolute Gasteiger partial charge is 0.354 e. The van der Waals surface area contributed by atoms with Crippen LogP contribution in [0.1, 0.15) is 5.56 Å². The second-order valence-electron chi connectivity index (χ2n) is 4.13. The summed E-state index contributed by atoms with van der Waals surface area (Å²) in [6, 6.07) is 9.55. The van der Waals surface area contributed by atoms with Crippen molar-refractivity contribution < 1.29 is 13.2 Å². The molecule has 4 nitrogen and oxygen atoms in total. The van der Waals surface area contributed by atoms with E-state index in [1.165, 1.54) is 0 Å². The standard InChI is InChI=1S/C12H17NO3S2/c1-18(15,16)8-7-13-12(14)11(17)9-10-5-3-2-4-6-10/h2-6,11,17H,7-9H2,1H3,(H,13,14). The van der Waals surface area contributed by atoms with Crippen molar-refractivity contribution in [2.45, 2.75) is 11.7 Å². The first kappa shape index (κ1) is 15.0. The zero-order valence-corrected chi connectivity index (χ0v) is 11.9. The van der Waals surface area contributed by atoms with Gasteiger partial charge in [-0.3, -0.25) is 4.79 Å². The predicted molar refractivity (Wildman–Crippen MR) is 75.6 cm³/mol. The molecule has 18 heavy (non-hydrogen) atoms. The summed E-state index contributed by atoms with van der Waals surface area (Å²) >= 11 is 4.22. The van der Waals surface area contributed by atoms with Crippen molar-refractivity contribution in [1.29, 1.82) is 0 Å². The van der Waals surface area contributed by atoms with Gasteiger partial charge in [-0.05, 0) is 12.0 Å². The zero-order valence-electron chi connectivity index (χ0n) is 10.2. The van der Waals surface area contributed by atoms with Crippen LogP contribution in [0.2, 0.25) is 0 Å². The minimum atomic E-state index is -3.04. The molecule has 1 unspecified atom stereocenters. The van der Waals surface area contributed by atoms with Crippen molar-refractivity contribution in [2.24, 2.45) is 0 Å². The summed E-state index contributed by atoms with van der Waals surface area (Å²) in [6.07, 6.45) is 1.66. The summed E-state index contributed by atoms with van der Waals surface area (Å²) in [5, 5.41) is 2.10. The molecule has 1 N–H and O–H groups in total. The van der Waals surface area contributed by atoms with E-state index >= 15 is 0 Å². The van der Waals surface area contributed by atoms with Gasteiger partial charge in [-0.15, -0.1) is 0 Å². The van der Waals surface area contributed by atoms with Crippen molar-refractivity contribution in [1.82, 2.24) is 5.32 Å². The first-order valence-electron chi connectivity index (χ1n) is 5.56. The summed E-state index contributed by atoms with van der Waals surface area (Å²) in [5.74, 6) is -0.296. The predicted octanol–water partition coefficient (Wildman–Crippen LogP) is 0.688. The van der Waals surface area contributed by atoms with E-state index in [4.69, 9.17) is 0 Å². The molecular formula is C12H17NO3S2. The van der Waals surface area contributed by atoms with Crippen LogP contribution < -0.4 is 5.32 Å². The van der Waals surface area contributed by atoms with Gasteiger partial charge in [-0.2, -0.15) is 12.6 Å². The molecule has 1 rings (SSSR count). The first-order valence-corrected chi connectivity index (χ1v) is 8.13. The fourth-order valence-electron chi connectivity index (χ4n) is 1.41. The lowest BCUT2D eigenvalue weighted by molar-refractivity contribution is -0.120. The molecule has 0 spiro atoms. The number of hydrogen-bond donors (Lipinski definition) is 2. The van der Waals surface area contributed by atoms with Gasteiger partial charge in [0.05, 0.1) is 11.0 Å². The zero-order chi connectivity index (χ0) is 13.6. The van der Waals surface area contributed by atoms with Crippen LogP contribution in [0.4, 0.5) is 0 Å². The van der Waals surface area contributed by atoms with Crippen LogP contribution in [0.3, 0.4) is 0 Å². The summed E-state index contributed by atoms with van der Waals surface area (Å²) in [7, 11) is -3.04. The molecule has 0 radical (unpaired) electrons. The second-order valence-corrected chi connectivity index (χ2v) is 7.01. The Hall–Kier alpha value is -1.01. The van der Waals surface area contributed by atoms with Crippen molar-refractivity contribution in [2.75, 3.05) is 18.6 Å². The maximum absolute atomic E-state index is 11.7. The van der Waals surface area contributed by atoms with E-state index in [2.05, 4.69) is 17.9 Å². The number of carbonyl (C=O) groups is 1. The molecule has 1 atom stereocenters. The van der Waals surface area contributed by atoms with E-state index in [1.54, 1.807) is 0 Å². The molecule has 0 aromatic heterocycles. The summed E-state index contributed by atoms with van der Waals surface area (Å²) in [4.78, 5) is 11.7. The number of benzene rings is 1. The Bertz CT molecular complexity index is 485. The highest BCUT2D eigenvalue weighted by Gasteiger charge is 2.14. The quantitative estimate of drug-likeness (QED) is 0.757. The van der Waals surface area contributed by atoms with Gasteiger partial charge < -0.3 is 5.32 Å². The van der Waals surface area contributed by atoms with Crippen molar-refractivity contribution in [3.8, 4) is 0 Å². The van der Waals surface area contributed by atoms with E-state index in [0.717, 1.165) is 11.8 Å². The highest BCUT2D eigenvalue weighted by molar-refractivity contribution is 7.90. The van der Waals surface area contributed by atoms with Crippen molar-refractivity contribution >= 4 is 28.4 Å². The Morgan fingerprint density at radius 1 is 1.33 bits per heavy atom. The number of hydrogen-bond acceptors (Lipinski definition) is 4. The normalized spacial score (nSPS) is 13.0. The fourth-order valence-corrected chi connectivity index (χ4v) is 2.18. The lowest BCUT2D eigenvalue weighted by atomic mass is 10.1. The molecular weight excluding hydrogens is 270 g/mol. The van der Waals surface area contributed by atoms with Gasteiger partial charge in [0.2, 0.25) is 5.91 Å². The highest BCUT2D eigenvalue weighted by Crippen LogP contribution is 2.07. The molecule has 6 heteroatoms. The molecule has 0 saturated heterocycles. The third-order valence-corrected chi connectivity index (χ3v) is 3.71. The molecule has 100 valence electrons. The molecule has 0 saturated carbocycles. The monoisotopic (exact) mass is 287 g/mol. The highest BCUT2D eigenvalue weighted by atomic mass is 32.2. The lowest BCUT2D eigenvalue weighted by Crippen LogP contribution is -2.35. The smallest absolute Gasteiger partial charge is 0.233 e. The third-order valence-electron chi connectivity index (χ3n) is 2.35. The Morgan fingerprint density at radius 2 is 1.94 bits per heavy atom. The first-order chi connectivity index (χ1) is 8.38. The maximum atomic E-state index is 11.7. The Morgan fingerprint density at radius 3 is 2.50 bits per heavy atom. The van der Waals surface area contributed by atoms with Crippen molar-refractivity contribution in [3.63, 3.8) is 0 Å². The number of sulfone groups is 1. The Kier molecular flexibility index (Phi) is 5.68. The number of nitrogens with one attached hydrogen (secondary N) is 1. The molecule has 0 aliphatic heterocycles. The number of carbonyl (C=O) groups excluding carboxylic acids is 1. The van der Waals surface area contributed by atoms with Crippen LogP contribution >= 0.6 is 12.6 Å². The Balaban J connectivity index is 2.38. The van der Waals surface area contributed by atoms with Crippen molar-refractivity contribution in [3.05, 3.63) is 35.9 Å². The summed E-state index contributed by atoms with van der Waals surface area (Å²) in [6.45, 7) is 0.128. The van der Waals surface area contributed by atoms with E-state index < -0.39 is 15.1 Å². The SMILES string of the molecule is CS(=O)(=O)CCNC(=O)C(S)Cc1ccccc1. The molecule has 1 aromatic rings. The van der Waals surface area contributed by atoms with Crippen LogP contribution in [0, 0.1) is 0 Å². The van der Waals surface area contributed by atoms with E-state index in [-0.39, 0.29) is 18.2 Å². The van der Waals surface area contributed by atoms with Gasteiger partial charge in [0.25, 0.3) is 0 Å². The third kappa shape index (κ3) is 6.07. The van der Waals surface area contributed by atoms with E-state index in [1.807, 2.05) is 30.3 Å². The van der Waals surface area contributed by atoms with Crippen LogP contribution in [-0.4, -0.2) is 38.1 Å². The van der Waals surface area contributed by atoms with Crippen LogP contribution in [0.25, 0.3) is 0 Å². The van der Waals surface area contributed by atoms with Gasteiger partial charge in [-0.25, -0.2) is 8.42 Å². The lowest BCUT2D eigenvalue weighted by Gasteiger charge is -2.11. The average molecular weight is 287 g/mol. The molecule has 0 heterocycles. The summed E-state index contributed by atoms with van der Waals surface area (Å²) in [5.41, 5.74) is 1.02.